The van der Waals surface area contributed by atoms with Gasteiger partial charge in [-0.1, -0.05) is 13.0 Å². The van der Waals surface area contributed by atoms with Gasteiger partial charge in [0, 0.05) is 5.92 Å². The van der Waals surface area contributed by atoms with Crippen LogP contribution in [0.5, 0.6) is 0 Å². The van der Waals surface area contributed by atoms with E-state index in [2.05, 4.69) is 13.5 Å². The predicted octanol–water partition coefficient (Wildman–Crippen LogP) is 1.97. The number of hydrogen-bond acceptors (Lipinski definition) is 1. The Labute approximate surface area is 62.8 Å². The van der Waals surface area contributed by atoms with E-state index in [0.29, 0.717) is 5.92 Å². The molecule has 1 heteroatoms. The fourth-order valence-electron chi connectivity index (χ4n) is 1.66. The maximum Gasteiger partial charge on any atom is 0.0602 e. The minimum absolute atomic E-state index is 0.117. The number of hydrogen-bond donors (Lipinski definition) is 1. The van der Waals surface area contributed by atoms with Crippen molar-refractivity contribution < 1.29 is 5.11 Å². The van der Waals surface area contributed by atoms with Gasteiger partial charge < -0.3 is 5.11 Å². The Hall–Kier alpha value is -0.300. The minimum atomic E-state index is -0.117. The van der Waals surface area contributed by atoms with Crippen molar-refractivity contribution in [2.45, 2.75) is 32.3 Å². The van der Waals surface area contributed by atoms with Gasteiger partial charge in [-0.3, -0.25) is 0 Å². The van der Waals surface area contributed by atoms with Gasteiger partial charge in [0.1, 0.15) is 0 Å². The van der Waals surface area contributed by atoms with Crippen molar-refractivity contribution in [3.05, 3.63) is 12.7 Å². The van der Waals surface area contributed by atoms with Crippen LogP contribution in [0.15, 0.2) is 12.7 Å². The van der Waals surface area contributed by atoms with Gasteiger partial charge in [0.05, 0.1) is 6.10 Å². The van der Waals surface area contributed by atoms with Crippen LogP contribution in [0.1, 0.15) is 26.2 Å². The van der Waals surface area contributed by atoms with Crippen LogP contribution in [0.3, 0.4) is 0 Å². The third-order valence-corrected chi connectivity index (χ3v) is 2.43. The van der Waals surface area contributed by atoms with Crippen LogP contribution in [0.25, 0.3) is 0 Å². The maximum absolute atomic E-state index is 9.42. The van der Waals surface area contributed by atoms with Crippen molar-refractivity contribution in [2.24, 2.45) is 11.8 Å². The average molecular weight is 140 g/mol. The van der Waals surface area contributed by atoms with E-state index in [1.807, 2.05) is 6.08 Å². The van der Waals surface area contributed by atoms with Gasteiger partial charge in [0.2, 0.25) is 0 Å². The summed E-state index contributed by atoms with van der Waals surface area (Å²) in [6.07, 6.45) is 5.02. The lowest BCUT2D eigenvalue weighted by Gasteiger charge is -2.29. The Morgan fingerprint density at radius 1 is 1.50 bits per heavy atom. The van der Waals surface area contributed by atoms with E-state index in [-0.39, 0.29) is 6.10 Å². The molecule has 1 rings (SSSR count). The van der Waals surface area contributed by atoms with E-state index < -0.39 is 0 Å². The molecule has 0 amide bonds. The molecule has 0 aliphatic heterocycles. The molecular formula is C9H16O. The molecule has 10 heavy (non-hydrogen) atoms. The molecule has 0 aromatic rings. The zero-order valence-electron chi connectivity index (χ0n) is 6.59. The Morgan fingerprint density at radius 2 is 2.20 bits per heavy atom. The summed E-state index contributed by atoms with van der Waals surface area (Å²) in [5, 5.41) is 9.42. The first-order valence-electron chi connectivity index (χ1n) is 4.04. The molecule has 0 radical (unpaired) electrons. The van der Waals surface area contributed by atoms with Crippen LogP contribution in [-0.2, 0) is 0 Å². The third kappa shape index (κ3) is 1.60. The zero-order chi connectivity index (χ0) is 7.56. The monoisotopic (exact) mass is 140 g/mol. The van der Waals surface area contributed by atoms with Crippen LogP contribution in [0.2, 0.25) is 0 Å². The minimum Gasteiger partial charge on any atom is -0.393 e. The lowest BCUT2D eigenvalue weighted by atomic mass is 9.80. The molecule has 0 saturated heterocycles. The molecule has 1 N–H and O–H groups in total. The molecule has 0 aromatic carbocycles. The van der Waals surface area contributed by atoms with Crippen LogP contribution >= 0.6 is 0 Å². The first kappa shape index (κ1) is 7.80. The maximum atomic E-state index is 9.42. The first-order valence-corrected chi connectivity index (χ1v) is 4.04. The largest absolute Gasteiger partial charge is 0.393 e. The van der Waals surface area contributed by atoms with Gasteiger partial charge in [-0.25, -0.2) is 0 Å². The third-order valence-electron chi connectivity index (χ3n) is 2.43. The second-order valence-electron chi connectivity index (χ2n) is 3.39. The van der Waals surface area contributed by atoms with Crippen molar-refractivity contribution >= 4 is 0 Å². The Balaban J connectivity index is 2.45. The summed E-state index contributed by atoms with van der Waals surface area (Å²) in [6.45, 7) is 5.95. The van der Waals surface area contributed by atoms with Gasteiger partial charge in [0.25, 0.3) is 0 Å². The standard InChI is InChI=1S/C9H16O/c1-3-8-6-7(2)4-5-9(8)10/h3,7-10H,1,4-6H2,2H3/t7-,8-,9-/m1/s1. The Kier molecular flexibility index (Phi) is 2.50. The second-order valence-corrected chi connectivity index (χ2v) is 3.39. The van der Waals surface area contributed by atoms with E-state index in [4.69, 9.17) is 0 Å². The van der Waals surface area contributed by atoms with E-state index in [1.54, 1.807) is 0 Å². The molecule has 0 spiro atoms. The highest BCUT2D eigenvalue weighted by Crippen LogP contribution is 2.29. The topological polar surface area (TPSA) is 20.2 Å². The highest BCUT2D eigenvalue weighted by molar-refractivity contribution is 4.89. The summed E-state index contributed by atoms with van der Waals surface area (Å²) in [5.74, 6) is 1.12. The summed E-state index contributed by atoms with van der Waals surface area (Å²) in [4.78, 5) is 0. The molecule has 1 fully saturated rings. The van der Waals surface area contributed by atoms with Crippen molar-refractivity contribution in [2.75, 3.05) is 0 Å². The molecule has 58 valence electrons. The van der Waals surface area contributed by atoms with Crippen molar-refractivity contribution in [1.29, 1.82) is 0 Å². The molecule has 3 atom stereocenters. The van der Waals surface area contributed by atoms with E-state index in [0.717, 1.165) is 18.8 Å². The molecule has 0 heterocycles. The number of aliphatic hydroxyl groups excluding tert-OH is 1. The predicted molar refractivity (Wildman–Crippen MR) is 42.7 cm³/mol. The highest BCUT2D eigenvalue weighted by atomic mass is 16.3. The number of aliphatic hydroxyl groups is 1. The summed E-state index contributed by atoms with van der Waals surface area (Å²) < 4.78 is 0. The molecule has 1 saturated carbocycles. The van der Waals surface area contributed by atoms with E-state index >= 15 is 0 Å². The Morgan fingerprint density at radius 3 is 2.70 bits per heavy atom. The number of rotatable bonds is 1. The van der Waals surface area contributed by atoms with Crippen LogP contribution in [0, 0.1) is 11.8 Å². The molecule has 1 nitrogen and oxygen atoms in total. The van der Waals surface area contributed by atoms with Gasteiger partial charge in [-0.05, 0) is 25.2 Å². The molecule has 1 aliphatic carbocycles. The summed E-state index contributed by atoms with van der Waals surface area (Å²) >= 11 is 0. The Bertz CT molecular complexity index is 120. The molecule has 0 bridgehead atoms. The zero-order valence-corrected chi connectivity index (χ0v) is 6.59. The average Bonchev–Trinajstić information content (AvgIpc) is 1.94. The van der Waals surface area contributed by atoms with Crippen LogP contribution in [-0.4, -0.2) is 11.2 Å². The second kappa shape index (κ2) is 3.20. The molecule has 0 unspecified atom stereocenters. The molecular weight excluding hydrogens is 124 g/mol. The van der Waals surface area contributed by atoms with Gasteiger partial charge >= 0.3 is 0 Å². The smallest absolute Gasteiger partial charge is 0.0602 e. The van der Waals surface area contributed by atoms with Gasteiger partial charge in [-0.15, -0.1) is 6.58 Å². The van der Waals surface area contributed by atoms with Crippen molar-refractivity contribution in [3.63, 3.8) is 0 Å². The molecule has 0 aromatic heterocycles. The van der Waals surface area contributed by atoms with Crippen molar-refractivity contribution in [3.8, 4) is 0 Å². The summed E-state index contributed by atoms with van der Waals surface area (Å²) in [5.41, 5.74) is 0. The fourth-order valence-corrected chi connectivity index (χ4v) is 1.66. The van der Waals surface area contributed by atoms with E-state index in [1.165, 1.54) is 6.42 Å². The quantitative estimate of drug-likeness (QED) is 0.552. The summed E-state index contributed by atoms with van der Waals surface area (Å²) in [6, 6.07) is 0. The molecule has 1 aliphatic rings. The lowest BCUT2D eigenvalue weighted by molar-refractivity contribution is 0.0747. The first-order chi connectivity index (χ1) is 4.74. The SMILES string of the molecule is C=C[C@@H]1C[C@H](C)CC[C@H]1O. The van der Waals surface area contributed by atoms with Crippen LogP contribution in [0.4, 0.5) is 0 Å². The highest BCUT2D eigenvalue weighted by Gasteiger charge is 2.23. The fraction of sp³-hybridized carbons (Fsp3) is 0.778. The van der Waals surface area contributed by atoms with Gasteiger partial charge in [0.15, 0.2) is 0 Å². The normalized spacial score (nSPS) is 41.2. The van der Waals surface area contributed by atoms with Crippen LogP contribution < -0.4 is 0 Å². The van der Waals surface area contributed by atoms with Gasteiger partial charge in [-0.2, -0.15) is 0 Å². The van der Waals surface area contributed by atoms with Crippen molar-refractivity contribution in [1.82, 2.24) is 0 Å². The van der Waals surface area contributed by atoms with E-state index in [9.17, 15) is 5.11 Å². The lowest BCUT2D eigenvalue weighted by Crippen LogP contribution is -2.26. The summed E-state index contributed by atoms with van der Waals surface area (Å²) in [7, 11) is 0.